The first kappa shape index (κ1) is 15.0. The molecule has 0 saturated carbocycles. The van der Waals surface area contributed by atoms with Crippen molar-refractivity contribution in [2.24, 2.45) is 0 Å². The summed E-state index contributed by atoms with van der Waals surface area (Å²) in [4.78, 5) is 10.8. The van der Waals surface area contributed by atoms with Gasteiger partial charge in [0.1, 0.15) is 5.75 Å². The molecule has 0 aliphatic carbocycles. The van der Waals surface area contributed by atoms with Crippen LogP contribution in [0.4, 0.5) is 4.39 Å². The molecule has 0 bridgehead atoms. The maximum Gasteiger partial charge on any atom is 0.335 e. The van der Waals surface area contributed by atoms with Crippen LogP contribution in [-0.4, -0.2) is 11.1 Å². The summed E-state index contributed by atoms with van der Waals surface area (Å²) in [6, 6.07) is 11.1. The van der Waals surface area contributed by atoms with E-state index in [2.05, 4.69) is 6.92 Å². The fourth-order valence-corrected chi connectivity index (χ4v) is 2.01. The van der Waals surface area contributed by atoms with Crippen LogP contribution in [0, 0.1) is 5.82 Å². The highest BCUT2D eigenvalue weighted by atomic mass is 19.1. The Bertz CT molecular complexity index is 638. The monoisotopic (exact) mass is 288 g/mol. The van der Waals surface area contributed by atoms with Crippen molar-refractivity contribution >= 4 is 5.97 Å². The highest BCUT2D eigenvalue weighted by molar-refractivity contribution is 5.87. The minimum absolute atomic E-state index is 0.0314. The second-order valence-corrected chi connectivity index (χ2v) is 4.76. The molecule has 2 aromatic carbocycles. The Morgan fingerprint density at radius 1 is 1.19 bits per heavy atom. The number of unbranched alkanes of at least 4 members (excludes halogenated alkanes) is 1. The Balaban J connectivity index is 2.24. The smallest absolute Gasteiger partial charge is 0.335 e. The maximum atomic E-state index is 13.9. The van der Waals surface area contributed by atoms with Crippen molar-refractivity contribution in [2.45, 2.75) is 26.2 Å². The van der Waals surface area contributed by atoms with Crippen LogP contribution in [0.2, 0.25) is 0 Å². The molecule has 0 fully saturated rings. The number of aryl methyl sites for hydroxylation is 1. The van der Waals surface area contributed by atoms with Crippen molar-refractivity contribution in [3.05, 3.63) is 59.4 Å². The fraction of sp³-hybridized carbons (Fsp3) is 0.235. The number of aromatic carboxylic acids is 1. The standard InChI is InChI=1S/C17H17FO3/c1-2-3-6-12-7-4-5-8-15(12)21-16-10-9-13(17(19)20)11-14(16)18/h4-5,7-11H,2-3,6H2,1H3,(H,19,20). The van der Waals surface area contributed by atoms with E-state index in [4.69, 9.17) is 9.84 Å². The third kappa shape index (κ3) is 3.81. The molecule has 0 spiro atoms. The molecule has 0 aliphatic heterocycles. The number of hydrogen-bond donors (Lipinski definition) is 1. The normalized spacial score (nSPS) is 10.4. The van der Waals surface area contributed by atoms with Crippen molar-refractivity contribution in [3.8, 4) is 11.5 Å². The molecule has 0 aromatic heterocycles. The van der Waals surface area contributed by atoms with Gasteiger partial charge in [-0.3, -0.25) is 0 Å². The average Bonchev–Trinajstić information content (AvgIpc) is 2.48. The van der Waals surface area contributed by atoms with E-state index >= 15 is 0 Å². The fourth-order valence-electron chi connectivity index (χ4n) is 2.01. The van der Waals surface area contributed by atoms with Crippen LogP contribution in [0.15, 0.2) is 42.5 Å². The van der Waals surface area contributed by atoms with Gasteiger partial charge in [-0.2, -0.15) is 0 Å². The molecule has 0 saturated heterocycles. The number of carbonyl (C=O) groups is 1. The van der Waals surface area contributed by atoms with Gasteiger partial charge in [0.15, 0.2) is 11.6 Å². The first-order valence-electron chi connectivity index (χ1n) is 6.90. The summed E-state index contributed by atoms with van der Waals surface area (Å²) in [5.41, 5.74) is 0.917. The summed E-state index contributed by atoms with van der Waals surface area (Å²) in [6.45, 7) is 2.10. The summed E-state index contributed by atoms with van der Waals surface area (Å²) >= 11 is 0. The van der Waals surface area contributed by atoms with Gasteiger partial charge in [0.05, 0.1) is 5.56 Å². The number of carboxylic acids is 1. The molecule has 2 aromatic rings. The van der Waals surface area contributed by atoms with Gasteiger partial charge in [-0.25, -0.2) is 9.18 Å². The molecular formula is C17H17FO3. The SMILES string of the molecule is CCCCc1ccccc1Oc1ccc(C(=O)O)cc1F. The van der Waals surface area contributed by atoms with Crippen molar-refractivity contribution in [2.75, 3.05) is 0 Å². The zero-order valence-electron chi connectivity index (χ0n) is 11.8. The highest BCUT2D eigenvalue weighted by Gasteiger charge is 2.11. The van der Waals surface area contributed by atoms with Gasteiger partial charge in [0, 0.05) is 0 Å². The summed E-state index contributed by atoms with van der Waals surface area (Å²) in [5.74, 6) is -1.21. The van der Waals surface area contributed by atoms with E-state index in [-0.39, 0.29) is 11.3 Å². The largest absolute Gasteiger partial charge is 0.478 e. The molecule has 0 amide bonds. The summed E-state index contributed by atoms with van der Waals surface area (Å²) in [6.07, 6.45) is 2.96. The van der Waals surface area contributed by atoms with E-state index in [1.54, 1.807) is 6.07 Å². The van der Waals surface area contributed by atoms with Crippen LogP contribution in [0.25, 0.3) is 0 Å². The molecule has 21 heavy (non-hydrogen) atoms. The van der Waals surface area contributed by atoms with E-state index in [1.807, 2.05) is 18.2 Å². The van der Waals surface area contributed by atoms with Gasteiger partial charge >= 0.3 is 5.97 Å². The van der Waals surface area contributed by atoms with Gasteiger partial charge < -0.3 is 9.84 Å². The lowest BCUT2D eigenvalue weighted by atomic mass is 10.1. The van der Waals surface area contributed by atoms with Gasteiger partial charge in [-0.05, 0) is 42.7 Å². The molecule has 0 atom stereocenters. The molecular weight excluding hydrogens is 271 g/mol. The van der Waals surface area contributed by atoms with Crippen molar-refractivity contribution in [1.29, 1.82) is 0 Å². The van der Waals surface area contributed by atoms with E-state index in [9.17, 15) is 9.18 Å². The Hall–Kier alpha value is -2.36. The maximum absolute atomic E-state index is 13.9. The van der Waals surface area contributed by atoms with Crippen LogP contribution in [0.3, 0.4) is 0 Å². The van der Waals surface area contributed by atoms with Crippen LogP contribution < -0.4 is 4.74 Å². The number of hydrogen-bond acceptors (Lipinski definition) is 2. The van der Waals surface area contributed by atoms with Crippen molar-refractivity contribution < 1.29 is 19.0 Å². The lowest BCUT2D eigenvalue weighted by Gasteiger charge is -2.11. The van der Waals surface area contributed by atoms with E-state index in [0.717, 1.165) is 30.9 Å². The molecule has 0 radical (unpaired) electrons. The lowest BCUT2D eigenvalue weighted by Crippen LogP contribution is -1.99. The predicted octanol–water partition coefficient (Wildman–Crippen LogP) is 4.66. The number of halogens is 1. The molecule has 1 N–H and O–H groups in total. The Morgan fingerprint density at radius 3 is 2.62 bits per heavy atom. The van der Waals surface area contributed by atoms with Crippen LogP contribution in [0.1, 0.15) is 35.7 Å². The molecule has 3 nitrogen and oxygen atoms in total. The minimum atomic E-state index is -1.16. The Kier molecular flexibility index (Phi) is 4.93. The molecule has 110 valence electrons. The van der Waals surface area contributed by atoms with Crippen molar-refractivity contribution in [3.63, 3.8) is 0 Å². The molecule has 0 aliphatic rings. The quantitative estimate of drug-likeness (QED) is 0.841. The summed E-state index contributed by atoms with van der Waals surface area (Å²) in [5, 5.41) is 8.82. The van der Waals surface area contributed by atoms with Gasteiger partial charge in [0.2, 0.25) is 0 Å². The Labute approximate surface area is 123 Å². The summed E-state index contributed by atoms with van der Waals surface area (Å²) in [7, 11) is 0. The van der Waals surface area contributed by atoms with E-state index in [1.165, 1.54) is 12.1 Å². The zero-order valence-corrected chi connectivity index (χ0v) is 11.8. The molecule has 0 unspecified atom stereocenters. The van der Waals surface area contributed by atoms with E-state index in [0.29, 0.717) is 5.75 Å². The Morgan fingerprint density at radius 2 is 1.95 bits per heavy atom. The molecule has 0 heterocycles. The van der Waals surface area contributed by atoms with Crippen LogP contribution >= 0.6 is 0 Å². The predicted molar refractivity (Wildman–Crippen MR) is 78.5 cm³/mol. The van der Waals surface area contributed by atoms with Gasteiger partial charge in [0.25, 0.3) is 0 Å². The number of carboxylic acid groups (broad SMARTS) is 1. The lowest BCUT2D eigenvalue weighted by molar-refractivity contribution is 0.0696. The molecule has 2 rings (SSSR count). The van der Waals surface area contributed by atoms with Crippen LogP contribution in [-0.2, 0) is 6.42 Å². The number of rotatable bonds is 6. The third-order valence-corrected chi connectivity index (χ3v) is 3.17. The van der Waals surface area contributed by atoms with E-state index < -0.39 is 11.8 Å². The van der Waals surface area contributed by atoms with Gasteiger partial charge in [-0.15, -0.1) is 0 Å². The number of benzene rings is 2. The average molecular weight is 288 g/mol. The number of ether oxygens (including phenoxy) is 1. The second-order valence-electron chi connectivity index (χ2n) is 4.76. The minimum Gasteiger partial charge on any atom is -0.478 e. The third-order valence-electron chi connectivity index (χ3n) is 3.17. The topological polar surface area (TPSA) is 46.5 Å². The molecule has 4 heteroatoms. The number of para-hydroxylation sites is 1. The van der Waals surface area contributed by atoms with Crippen LogP contribution in [0.5, 0.6) is 11.5 Å². The highest BCUT2D eigenvalue weighted by Crippen LogP contribution is 2.28. The summed E-state index contributed by atoms with van der Waals surface area (Å²) < 4.78 is 19.5. The van der Waals surface area contributed by atoms with Crippen molar-refractivity contribution in [1.82, 2.24) is 0 Å². The first-order chi connectivity index (χ1) is 10.1. The first-order valence-corrected chi connectivity index (χ1v) is 6.90. The van der Waals surface area contributed by atoms with Gasteiger partial charge in [-0.1, -0.05) is 31.5 Å². The zero-order chi connectivity index (χ0) is 15.2. The second kappa shape index (κ2) is 6.88.